The molecule has 1 fully saturated rings. The van der Waals surface area contributed by atoms with Gasteiger partial charge in [-0.2, -0.15) is 4.98 Å². The minimum Gasteiger partial charge on any atom is -0.485 e. The fourth-order valence-corrected chi connectivity index (χ4v) is 4.06. The Morgan fingerprint density at radius 1 is 1.17 bits per heavy atom. The van der Waals surface area contributed by atoms with Crippen molar-refractivity contribution in [2.24, 2.45) is 0 Å². The third kappa shape index (κ3) is 4.05. The standard InChI is InChI=1S/C22H27N3O5/c1-15-17(20(27-2)24-21(23-15)28-3)12-19(26)25-13-16-6-4-5-7-18(16)30-22(14-25)8-10-29-11-9-22/h4-7H,8-14H2,1-3H3. The number of ether oxygens (including phenoxy) is 4. The molecule has 1 aromatic carbocycles. The smallest absolute Gasteiger partial charge is 0.319 e. The topological polar surface area (TPSA) is 83.0 Å². The monoisotopic (exact) mass is 413 g/mol. The van der Waals surface area contributed by atoms with Gasteiger partial charge in [0.05, 0.1) is 46.1 Å². The molecular weight excluding hydrogens is 386 g/mol. The average Bonchev–Trinajstić information content (AvgIpc) is 2.91. The number of para-hydroxylation sites is 1. The van der Waals surface area contributed by atoms with E-state index in [-0.39, 0.29) is 18.3 Å². The molecule has 1 saturated heterocycles. The normalized spacial score (nSPS) is 17.6. The van der Waals surface area contributed by atoms with Gasteiger partial charge in [-0.05, 0) is 13.0 Å². The molecule has 8 heteroatoms. The van der Waals surface area contributed by atoms with Crippen molar-refractivity contribution in [2.45, 2.75) is 38.3 Å². The highest BCUT2D eigenvalue weighted by atomic mass is 16.5. The predicted molar refractivity (Wildman–Crippen MR) is 109 cm³/mol. The fraction of sp³-hybridized carbons (Fsp3) is 0.500. The SMILES string of the molecule is COc1nc(C)c(CC(=O)N2Cc3ccccc3OC3(CCOCC3)C2)c(OC)n1. The molecule has 0 bridgehead atoms. The van der Waals surface area contributed by atoms with E-state index in [0.29, 0.717) is 43.4 Å². The van der Waals surface area contributed by atoms with Gasteiger partial charge in [-0.15, -0.1) is 0 Å². The second-order valence-electron chi connectivity index (χ2n) is 7.72. The van der Waals surface area contributed by atoms with Gasteiger partial charge in [0.1, 0.15) is 11.4 Å². The molecule has 0 saturated carbocycles. The molecule has 0 N–H and O–H groups in total. The summed E-state index contributed by atoms with van der Waals surface area (Å²) in [6, 6.07) is 8.14. The summed E-state index contributed by atoms with van der Waals surface area (Å²) in [5.74, 6) is 1.19. The Labute approximate surface area is 176 Å². The minimum atomic E-state index is -0.434. The van der Waals surface area contributed by atoms with Crippen LogP contribution in [-0.2, 0) is 22.5 Å². The third-order valence-electron chi connectivity index (χ3n) is 5.76. The zero-order chi connectivity index (χ0) is 21.1. The Morgan fingerprint density at radius 2 is 1.93 bits per heavy atom. The van der Waals surface area contributed by atoms with Gasteiger partial charge >= 0.3 is 6.01 Å². The molecule has 160 valence electrons. The first kappa shape index (κ1) is 20.4. The molecule has 8 nitrogen and oxygen atoms in total. The molecule has 2 aliphatic rings. The van der Waals surface area contributed by atoms with E-state index < -0.39 is 5.60 Å². The number of carbonyl (C=O) groups is 1. The van der Waals surface area contributed by atoms with Crippen LogP contribution in [0.15, 0.2) is 24.3 Å². The molecule has 0 atom stereocenters. The second-order valence-corrected chi connectivity index (χ2v) is 7.72. The lowest BCUT2D eigenvalue weighted by molar-refractivity contribution is -0.135. The number of amides is 1. The van der Waals surface area contributed by atoms with Crippen LogP contribution >= 0.6 is 0 Å². The molecule has 3 heterocycles. The maximum atomic E-state index is 13.4. The van der Waals surface area contributed by atoms with Crippen LogP contribution in [0.2, 0.25) is 0 Å². The van der Waals surface area contributed by atoms with Crippen molar-refractivity contribution in [3.63, 3.8) is 0 Å². The first-order valence-corrected chi connectivity index (χ1v) is 10.1. The van der Waals surface area contributed by atoms with Crippen LogP contribution in [0.5, 0.6) is 17.6 Å². The predicted octanol–water partition coefficient (Wildman–Crippen LogP) is 2.32. The molecule has 1 aromatic heterocycles. The molecule has 0 unspecified atom stereocenters. The van der Waals surface area contributed by atoms with Crippen LogP contribution in [0.4, 0.5) is 0 Å². The van der Waals surface area contributed by atoms with Crippen LogP contribution in [-0.4, -0.2) is 60.4 Å². The van der Waals surface area contributed by atoms with Crippen LogP contribution in [0.25, 0.3) is 0 Å². The average molecular weight is 413 g/mol. The zero-order valence-corrected chi connectivity index (χ0v) is 17.6. The van der Waals surface area contributed by atoms with Crippen LogP contribution in [0.3, 0.4) is 0 Å². The lowest BCUT2D eigenvalue weighted by atomic mass is 9.93. The van der Waals surface area contributed by atoms with Crippen molar-refractivity contribution in [3.05, 3.63) is 41.1 Å². The molecule has 1 spiro atoms. The third-order valence-corrected chi connectivity index (χ3v) is 5.76. The highest BCUT2D eigenvalue weighted by Gasteiger charge is 2.40. The number of aromatic nitrogens is 2. The van der Waals surface area contributed by atoms with E-state index in [1.165, 1.54) is 14.2 Å². The van der Waals surface area contributed by atoms with E-state index in [1.54, 1.807) is 0 Å². The molecular formula is C22H27N3O5. The number of hydrogen-bond acceptors (Lipinski definition) is 7. The highest BCUT2D eigenvalue weighted by molar-refractivity contribution is 5.80. The summed E-state index contributed by atoms with van der Waals surface area (Å²) in [4.78, 5) is 23.9. The van der Waals surface area contributed by atoms with Crippen LogP contribution in [0, 0.1) is 6.92 Å². The van der Waals surface area contributed by atoms with E-state index in [4.69, 9.17) is 18.9 Å². The number of nitrogens with zero attached hydrogens (tertiary/aromatic N) is 3. The summed E-state index contributed by atoms with van der Waals surface area (Å²) in [6.07, 6.45) is 1.64. The van der Waals surface area contributed by atoms with E-state index >= 15 is 0 Å². The minimum absolute atomic E-state index is 0.0173. The van der Waals surface area contributed by atoms with Crippen molar-refractivity contribution >= 4 is 5.91 Å². The largest absolute Gasteiger partial charge is 0.485 e. The summed E-state index contributed by atoms with van der Waals surface area (Å²) in [5, 5.41) is 0. The van der Waals surface area contributed by atoms with E-state index in [1.807, 2.05) is 36.1 Å². The summed E-state index contributed by atoms with van der Waals surface area (Å²) < 4.78 is 22.6. The van der Waals surface area contributed by atoms with Gasteiger partial charge < -0.3 is 23.8 Å². The summed E-state index contributed by atoms with van der Waals surface area (Å²) in [6.45, 7) is 4.10. The first-order chi connectivity index (χ1) is 14.5. The molecule has 1 amide bonds. The lowest BCUT2D eigenvalue weighted by Crippen LogP contribution is -2.51. The molecule has 0 radical (unpaired) electrons. The van der Waals surface area contributed by atoms with Gasteiger partial charge in [0.15, 0.2) is 0 Å². The Bertz CT molecular complexity index is 927. The Kier molecular flexibility index (Phi) is 5.76. The van der Waals surface area contributed by atoms with Crippen molar-refractivity contribution in [1.82, 2.24) is 14.9 Å². The number of methoxy groups -OCH3 is 2. The van der Waals surface area contributed by atoms with Crippen molar-refractivity contribution < 1.29 is 23.7 Å². The lowest BCUT2D eigenvalue weighted by Gasteiger charge is -2.39. The van der Waals surface area contributed by atoms with Gasteiger partial charge in [-0.1, -0.05) is 18.2 Å². The molecule has 0 aliphatic carbocycles. The van der Waals surface area contributed by atoms with E-state index in [0.717, 1.165) is 24.2 Å². The van der Waals surface area contributed by atoms with Gasteiger partial charge in [0.25, 0.3) is 0 Å². The number of carbonyl (C=O) groups excluding carboxylic acids is 1. The van der Waals surface area contributed by atoms with Gasteiger partial charge in [-0.25, -0.2) is 4.98 Å². The summed E-state index contributed by atoms with van der Waals surface area (Å²) in [5.41, 5.74) is 1.90. The first-order valence-electron chi connectivity index (χ1n) is 10.1. The van der Waals surface area contributed by atoms with Crippen molar-refractivity contribution in [3.8, 4) is 17.6 Å². The van der Waals surface area contributed by atoms with Gasteiger partial charge in [0.2, 0.25) is 11.8 Å². The van der Waals surface area contributed by atoms with Gasteiger partial charge in [0, 0.05) is 30.5 Å². The fourth-order valence-electron chi connectivity index (χ4n) is 4.06. The highest BCUT2D eigenvalue weighted by Crippen LogP contribution is 2.35. The number of fused-ring (bicyclic) bond motifs is 1. The van der Waals surface area contributed by atoms with Crippen LogP contribution in [0.1, 0.15) is 29.7 Å². The van der Waals surface area contributed by atoms with Crippen molar-refractivity contribution in [2.75, 3.05) is 34.0 Å². The Balaban J connectivity index is 1.63. The summed E-state index contributed by atoms with van der Waals surface area (Å²) in [7, 11) is 3.03. The van der Waals surface area contributed by atoms with E-state index in [9.17, 15) is 4.79 Å². The maximum Gasteiger partial charge on any atom is 0.319 e. The second kappa shape index (κ2) is 8.47. The quantitative estimate of drug-likeness (QED) is 0.761. The van der Waals surface area contributed by atoms with Crippen molar-refractivity contribution in [1.29, 1.82) is 0 Å². The number of hydrogen-bond donors (Lipinski definition) is 0. The van der Waals surface area contributed by atoms with Gasteiger partial charge in [-0.3, -0.25) is 4.79 Å². The Morgan fingerprint density at radius 3 is 2.67 bits per heavy atom. The Hall–Kier alpha value is -2.87. The zero-order valence-electron chi connectivity index (χ0n) is 17.6. The van der Waals surface area contributed by atoms with Crippen LogP contribution < -0.4 is 14.2 Å². The molecule has 2 aliphatic heterocycles. The summed E-state index contributed by atoms with van der Waals surface area (Å²) >= 11 is 0. The number of rotatable bonds is 4. The number of benzene rings is 1. The number of aryl methyl sites for hydroxylation is 1. The molecule has 30 heavy (non-hydrogen) atoms. The molecule has 4 rings (SSSR count). The maximum absolute atomic E-state index is 13.4. The molecule has 2 aromatic rings. The van der Waals surface area contributed by atoms with E-state index in [2.05, 4.69) is 9.97 Å².